The number of aryl methyl sites for hydroxylation is 3. The highest BCUT2D eigenvalue weighted by atomic mass is 16.5. The largest absolute Gasteiger partial charge is 0.361 e. The Bertz CT molecular complexity index is 696. The van der Waals surface area contributed by atoms with Crippen LogP contribution in [0, 0.1) is 20.8 Å². The summed E-state index contributed by atoms with van der Waals surface area (Å²) in [5.74, 6) is 1.11. The van der Waals surface area contributed by atoms with Crippen LogP contribution in [-0.2, 0) is 17.8 Å². The Balaban J connectivity index is 1.52. The minimum Gasteiger partial charge on any atom is -0.361 e. The molecule has 1 fully saturated rings. The van der Waals surface area contributed by atoms with Crippen LogP contribution in [0.1, 0.15) is 28.1 Å². The molecule has 5 nitrogen and oxygen atoms in total. The van der Waals surface area contributed by atoms with E-state index in [0.29, 0.717) is 6.42 Å². The van der Waals surface area contributed by atoms with Gasteiger partial charge in [0.25, 0.3) is 0 Å². The van der Waals surface area contributed by atoms with E-state index in [1.54, 1.807) is 0 Å². The molecule has 128 valence electrons. The maximum Gasteiger partial charge on any atom is 0.227 e. The molecule has 24 heavy (non-hydrogen) atoms. The number of rotatable bonds is 4. The van der Waals surface area contributed by atoms with Gasteiger partial charge in [-0.15, -0.1) is 0 Å². The molecule has 2 heterocycles. The molecule has 0 N–H and O–H groups in total. The zero-order valence-corrected chi connectivity index (χ0v) is 14.7. The molecule has 1 aromatic heterocycles. The Morgan fingerprint density at radius 3 is 2.54 bits per heavy atom. The lowest BCUT2D eigenvalue weighted by Crippen LogP contribution is -2.48. The Morgan fingerprint density at radius 2 is 1.92 bits per heavy atom. The van der Waals surface area contributed by atoms with Crippen LogP contribution < -0.4 is 0 Å². The molecule has 0 radical (unpaired) electrons. The van der Waals surface area contributed by atoms with Crippen LogP contribution in [0.15, 0.2) is 28.8 Å². The Kier molecular flexibility index (Phi) is 5.00. The normalized spacial score (nSPS) is 15.7. The van der Waals surface area contributed by atoms with E-state index in [0.717, 1.165) is 49.7 Å². The summed E-state index contributed by atoms with van der Waals surface area (Å²) in [5.41, 5.74) is 4.43. The topological polar surface area (TPSA) is 49.6 Å². The van der Waals surface area contributed by atoms with Crippen molar-refractivity contribution in [2.75, 3.05) is 26.2 Å². The van der Waals surface area contributed by atoms with E-state index in [1.165, 1.54) is 11.1 Å². The number of nitrogens with zero attached hydrogens (tertiary/aromatic N) is 3. The summed E-state index contributed by atoms with van der Waals surface area (Å²) < 4.78 is 5.23. The van der Waals surface area contributed by atoms with Gasteiger partial charge in [0, 0.05) is 38.3 Å². The third-order valence-electron chi connectivity index (χ3n) is 4.73. The van der Waals surface area contributed by atoms with E-state index in [-0.39, 0.29) is 5.91 Å². The first-order chi connectivity index (χ1) is 11.5. The van der Waals surface area contributed by atoms with E-state index in [1.807, 2.05) is 30.9 Å². The number of benzene rings is 1. The average Bonchev–Trinajstić information content (AvgIpc) is 2.87. The van der Waals surface area contributed by atoms with Gasteiger partial charge in [0.2, 0.25) is 5.91 Å². The van der Waals surface area contributed by atoms with Gasteiger partial charge >= 0.3 is 0 Å². The molecular weight excluding hydrogens is 302 g/mol. The predicted molar refractivity (Wildman–Crippen MR) is 92.7 cm³/mol. The first-order valence-corrected chi connectivity index (χ1v) is 8.50. The monoisotopic (exact) mass is 327 g/mol. The summed E-state index contributed by atoms with van der Waals surface area (Å²) in [6, 6.07) is 8.19. The number of carbonyl (C=O) groups excluding carboxylic acids is 1. The van der Waals surface area contributed by atoms with Crippen molar-refractivity contribution in [3.63, 3.8) is 0 Å². The molecular formula is C19H25N3O2. The smallest absolute Gasteiger partial charge is 0.227 e. The maximum atomic E-state index is 12.5. The van der Waals surface area contributed by atoms with Crippen LogP contribution in [0.3, 0.4) is 0 Å². The van der Waals surface area contributed by atoms with Gasteiger partial charge in [-0.05, 0) is 26.3 Å². The zero-order chi connectivity index (χ0) is 17.1. The number of amides is 1. The molecule has 1 aliphatic rings. The number of hydrogen-bond donors (Lipinski definition) is 0. The van der Waals surface area contributed by atoms with E-state index >= 15 is 0 Å². The van der Waals surface area contributed by atoms with Gasteiger partial charge in [0.05, 0.1) is 12.1 Å². The molecule has 0 bridgehead atoms. The predicted octanol–water partition coefficient (Wildman–Crippen LogP) is 2.49. The minimum atomic E-state index is 0.220. The molecule has 1 aromatic carbocycles. The summed E-state index contributed by atoms with van der Waals surface area (Å²) in [6.07, 6.45) is 0.492. The van der Waals surface area contributed by atoms with Gasteiger partial charge in [0.15, 0.2) is 0 Å². The molecule has 0 saturated carbocycles. The second-order valence-electron chi connectivity index (χ2n) is 6.63. The van der Waals surface area contributed by atoms with Crippen molar-refractivity contribution in [2.45, 2.75) is 33.7 Å². The molecule has 0 aliphatic carbocycles. The number of carbonyl (C=O) groups is 1. The number of hydrogen-bond acceptors (Lipinski definition) is 4. The van der Waals surface area contributed by atoms with Crippen molar-refractivity contribution in [2.24, 2.45) is 0 Å². The van der Waals surface area contributed by atoms with E-state index < -0.39 is 0 Å². The highest BCUT2D eigenvalue weighted by Gasteiger charge is 2.22. The Morgan fingerprint density at radius 1 is 1.17 bits per heavy atom. The van der Waals surface area contributed by atoms with Gasteiger partial charge in [0.1, 0.15) is 5.76 Å². The maximum absolute atomic E-state index is 12.5. The highest BCUT2D eigenvalue weighted by molar-refractivity contribution is 5.79. The summed E-state index contributed by atoms with van der Waals surface area (Å²) in [5, 5.41) is 4.01. The van der Waals surface area contributed by atoms with Crippen molar-refractivity contribution in [3.8, 4) is 0 Å². The fraction of sp³-hybridized carbons (Fsp3) is 0.474. The van der Waals surface area contributed by atoms with Crippen molar-refractivity contribution < 1.29 is 9.32 Å². The first-order valence-electron chi connectivity index (χ1n) is 8.50. The molecule has 1 aliphatic heterocycles. The van der Waals surface area contributed by atoms with Gasteiger partial charge in [-0.3, -0.25) is 9.69 Å². The second kappa shape index (κ2) is 7.18. The van der Waals surface area contributed by atoms with Gasteiger partial charge in [-0.25, -0.2) is 0 Å². The van der Waals surface area contributed by atoms with E-state index in [4.69, 9.17) is 4.52 Å². The third kappa shape index (κ3) is 3.85. The Labute approximate surface area is 143 Å². The average molecular weight is 327 g/mol. The minimum absolute atomic E-state index is 0.220. The second-order valence-corrected chi connectivity index (χ2v) is 6.63. The molecule has 1 amide bonds. The molecule has 0 atom stereocenters. The molecule has 5 heteroatoms. The number of aromatic nitrogens is 1. The molecule has 3 rings (SSSR count). The summed E-state index contributed by atoms with van der Waals surface area (Å²) in [4.78, 5) is 16.8. The van der Waals surface area contributed by atoms with Crippen molar-refractivity contribution >= 4 is 5.91 Å². The quantitative estimate of drug-likeness (QED) is 0.866. The summed E-state index contributed by atoms with van der Waals surface area (Å²) in [7, 11) is 0. The highest BCUT2D eigenvalue weighted by Crippen LogP contribution is 2.16. The molecule has 0 spiro atoms. The van der Waals surface area contributed by atoms with Gasteiger partial charge < -0.3 is 9.42 Å². The van der Waals surface area contributed by atoms with E-state index in [2.05, 4.69) is 29.1 Å². The SMILES string of the molecule is Cc1cccc(CC(=O)N2CCN(Cc3c(C)noc3C)CC2)c1. The van der Waals surface area contributed by atoms with Crippen LogP contribution >= 0.6 is 0 Å². The van der Waals surface area contributed by atoms with Gasteiger partial charge in [-0.1, -0.05) is 35.0 Å². The van der Waals surface area contributed by atoms with Crippen LogP contribution in [-0.4, -0.2) is 47.0 Å². The molecule has 1 saturated heterocycles. The van der Waals surface area contributed by atoms with Crippen molar-refractivity contribution in [1.82, 2.24) is 15.0 Å². The fourth-order valence-electron chi connectivity index (χ4n) is 3.22. The summed E-state index contributed by atoms with van der Waals surface area (Å²) in [6.45, 7) is 10.2. The number of piperazine rings is 1. The third-order valence-corrected chi connectivity index (χ3v) is 4.73. The van der Waals surface area contributed by atoms with Crippen molar-refractivity contribution in [1.29, 1.82) is 0 Å². The summed E-state index contributed by atoms with van der Waals surface area (Å²) >= 11 is 0. The van der Waals surface area contributed by atoms with Crippen LogP contribution in [0.2, 0.25) is 0 Å². The van der Waals surface area contributed by atoms with E-state index in [9.17, 15) is 4.79 Å². The van der Waals surface area contributed by atoms with Crippen molar-refractivity contribution in [3.05, 3.63) is 52.4 Å². The molecule has 2 aromatic rings. The van der Waals surface area contributed by atoms with Crippen LogP contribution in [0.25, 0.3) is 0 Å². The van der Waals surface area contributed by atoms with Crippen LogP contribution in [0.4, 0.5) is 0 Å². The zero-order valence-electron chi connectivity index (χ0n) is 14.7. The molecule has 0 unspecified atom stereocenters. The lowest BCUT2D eigenvalue weighted by atomic mass is 10.1. The standard InChI is InChI=1S/C19H25N3O2/c1-14-5-4-6-17(11-14)12-19(23)22-9-7-21(8-10-22)13-18-15(2)20-24-16(18)3/h4-6,11H,7-10,12-13H2,1-3H3. The van der Waals surface area contributed by atoms with Crippen LogP contribution in [0.5, 0.6) is 0 Å². The lowest BCUT2D eigenvalue weighted by Gasteiger charge is -2.34. The van der Waals surface area contributed by atoms with Gasteiger partial charge in [-0.2, -0.15) is 0 Å². The lowest BCUT2D eigenvalue weighted by molar-refractivity contribution is -0.132. The first kappa shape index (κ1) is 16.7. The fourth-order valence-corrected chi connectivity index (χ4v) is 3.22. The Hall–Kier alpha value is -2.14.